The number of hydrogen-bond donors (Lipinski definition) is 2. The number of aliphatic hydroxyl groups is 1. The first-order chi connectivity index (χ1) is 8.47. The molecule has 0 heterocycles. The van der Waals surface area contributed by atoms with E-state index in [4.69, 9.17) is 4.74 Å². The molecule has 0 bridgehead atoms. The summed E-state index contributed by atoms with van der Waals surface area (Å²) < 4.78 is 31.6. The molecule has 6 heteroatoms. The summed E-state index contributed by atoms with van der Waals surface area (Å²) in [6, 6.07) is 6.41. The summed E-state index contributed by atoms with van der Waals surface area (Å²) in [6.07, 6.45) is 2.22. The van der Waals surface area contributed by atoms with E-state index in [1.165, 1.54) is 13.2 Å². The van der Waals surface area contributed by atoms with Gasteiger partial charge >= 0.3 is 0 Å². The van der Waals surface area contributed by atoms with E-state index in [-0.39, 0.29) is 11.4 Å². The quantitative estimate of drug-likeness (QED) is 0.834. The average Bonchev–Trinajstić information content (AvgIpc) is 2.34. The SMILES string of the molecule is COc1ccccc1S(=O)(=O)NCC1(O)CCC1. The minimum atomic E-state index is -3.65. The van der Waals surface area contributed by atoms with Crippen LogP contribution in [0, 0.1) is 0 Å². The average molecular weight is 271 g/mol. The van der Waals surface area contributed by atoms with E-state index in [9.17, 15) is 13.5 Å². The lowest BCUT2D eigenvalue weighted by Crippen LogP contribution is -2.47. The molecular weight excluding hydrogens is 254 g/mol. The van der Waals surface area contributed by atoms with E-state index in [2.05, 4.69) is 4.72 Å². The fraction of sp³-hybridized carbons (Fsp3) is 0.500. The Morgan fingerprint density at radius 3 is 2.61 bits per heavy atom. The maximum absolute atomic E-state index is 12.1. The van der Waals surface area contributed by atoms with Crippen molar-refractivity contribution in [2.75, 3.05) is 13.7 Å². The molecule has 100 valence electrons. The molecule has 0 unspecified atom stereocenters. The van der Waals surface area contributed by atoms with Crippen LogP contribution in [0.5, 0.6) is 5.75 Å². The van der Waals surface area contributed by atoms with Gasteiger partial charge < -0.3 is 9.84 Å². The first-order valence-electron chi connectivity index (χ1n) is 5.82. The Kier molecular flexibility index (Phi) is 3.61. The Bertz CT molecular complexity index is 523. The Balaban J connectivity index is 2.15. The van der Waals surface area contributed by atoms with Crippen LogP contribution in [-0.2, 0) is 10.0 Å². The molecule has 0 radical (unpaired) electrons. The first kappa shape index (κ1) is 13.3. The fourth-order valence-corrected chi connectivity index (χ4v) is 3.20. The number of sulfonamides is 1. The van der Waals surface area contributed by atoms with Crippen molar-refractivity contribution < 1.29 is 18.3 Å². The minimum absolute atomic E-state index is 0.0490. The molecule has 1 fully saturated rings. The van der Waals surface area contributed by atoms with Crippen LogP contribution in [0.15, 0.2) is 29.2 Å². The summed E-state index contributed by atoms with van der Waals surface area (Å²) in [5, 5.41) is 9.89. The van der Waals surface area contributed by atoms with E-state index in [1.54, 1.807) is 18.2 Å². The third-order valence-corrected chi connectivity index (χ3v) is 4.67. The smallest absolute Gasteiger partial charge is 0.244 e. The van der Waals surface area contributed by atoms with Gasteiger partial charge in [-0.2, -0.15) is 0 Å². The Morgan fingerprint density at radius 1 is 1.39 bits per heavy atom. The highest BCUT2D eigenvalue weighted by atomic mass is 32.2. The molecule has 0 aliphatic heterocycles. The maximum atomic E-state index is 12.1. The van der Waals surface area contributed by atoms with E-state index in [0.29, 0.717) is 18.6 Å². The zero-order chi connectivity index (χ0) is 13.2. The molecule has 0 aromatic heterocycles. The molecular formula is C12H17NO4S. The van der Waals surface area contributed by atoms with Crippen LogP contribution in [0.25, 0.3) is 0 Å². The van der Waals surface area contributed by atoms with Gasteiger partial charge in [0.05, 0.1) is 12.7 Å². The second-order valence-electron chi connectivity index (χ2n) is 4.55. The van der Waals surface area contributed by atoms with Crippen molar-refractivity contribution in [2.24, 2.45) is 0 Å². The number of rotatable bonds is 5. The van der Waals surface area contributed by atoms with Crippen LogP contribution in [0.4, 0.5) is 0 Å². The van der Waals surface area contributed by atoms with Crippen LogP contribution in [0.3, 0.4) is 0 Å². The van der Waals surface area contributed by atoms with Gasteiger partial charge in [-0.15, -0.1) is 0 Å². The van der Waals surface area contributed by atoms with Crippen molar-refractivity contribution in [2.45, 2.75) is 29.8 Å². The van der Waals surface area contributed by atoms with E-state index in [1.807, 2.05) is 0 Å². The van der Waals surface area contributed by atoms with Gasteiger partial charge in [-0.05, 0) is 31.4 Å². The molecule has 1 aromatic carbocycles. The zero-order valence-corrected chi connectivity index (χ0v) is 11.0. The molecule has 1 aromatic rings. The third kappa shape index (κ3) is 2.66. The van der Waals surface area contributed by atoms with Crippen LogP contribution < -0.4 is 9.46 Å². The zero-order valence-electron chi connectivity index (χ0n) is 10.2. The predicted octanol–water partition coefficient (Wildman–Crippen LogP) is 0.888. The van der Waals surface area contributed by atoms with Gasteiger partial charge in [0.1, 0.15) is 10.6 Å². The summed E-state index contributed by atoms with van der Waals surface area (Å²) in [4.78, 5) is 0.0930. The van der Waals surface area contributed by atoms with Gasteiger partial charge in [-0.25, -0.2) is 13.1 Å². The lowest BCUT2D eigenvalue weighted by molar-refractivity contribution is -0.0271. The second kappa shape index (κ2) is 4.87. The van der Waals surface area contributed by atoms with Crippen LogP contribution in [0.2, 0.25) is 0 Å². The molecule has 1 aliphatic carbocycles. The van der Waals surface area contributed by atoms with Gasteiger partial charge in [-0.3, -0.25) is 0 Å². The molecule has 2 rings (SSSR count). The van der Waals surface area contributed by atoms with Gasteiger partial charge in [0.15, 0.2) is 0 Å². The Morgan fingerprint density at radius 2 is 2.06 bits per heavy atom. The highest BCUT2D eigenvalue weighted by molar-refractivity contribution is 7.89. The largest absolute Gasteiger partial charge is 0.495 e. The van der Waals surface area contributed by atoms with Crippen LogP contribution in [0.1, 0.15) is 19.3 Å². The van der Waals surface area contributed by atoms with Crippen molar-refractivity contribution in [1.82, 2.24) is 4.72 Å². The van der Waals surface area contributed by atoms with Crippen LogP contribution in [-0.4, -0.2) is 32.8 Å². The van der Waals surface area contributed by atoms with Gasteiger partial charge in [0, 0.05) is 6.54 Å². The van der Waals surface area contributed by atoms with E-state index in [0.717, 1.165) is 6.42 Å². The molecule has 5 nitrogen and oxygen atoms in total. The highest BCUT2D eigenvalue weighted by Gasteiger charge is 2.35. The third-order valence-electron chi connectivity index (χ3n) is 3.23. The van der Waals surface area contributed by atoms with Crippen LogP contribution >= 0.6 is 0 Å². The van der Waals surface area contributed by atoms with E-state index < -0.39 is 15.6 Å². The Labute approximate surface area is 107 Å². The lowest BCUT2D eigenvalue weighted by atomic mass is 9.81. The number of nitrogens with one attached hydrogen (secondary N) is 1. The lowest BCUT2D eigenvalue weighted by Gasteiger charge is -2.36. The number of ether oxygens (including phenoxy) is 1. The molecule has 0 atom stereocenters. The summed E-state index contributed by atoms with van der Waals surface area (Å²) >= 11 is 0. The van der Waals surface area contributed by atoms with E-state index >= 15 is 0 Å². The minimum Gasteiger partial charge on any atom is -0.495 e. The molecule has 0 saturated heterocycles. The van der Waals surface area contributed by atoms with Crippen molar-refractivity contribution >= 4 is 10.0 Å². The number of hydrogen-bond acceptors (Lipinski definition) is 4. The molecule has 1 aliphatic rings. The topological polar surface area (TPSA) is 75.6 Å². The van der Waals surface area contributed by atoms with Gasteiger partial charge in [0.2, 0.25) is 10.0 Å². The van der Waals surface area contributed by atoms with Crippen molar-refractivity contribution in [3.63, 3.8) is 0 Å². The fourth-order valence-electron chi connectivity index (χ4n) is 1.91. The summed E-state index contributed by atoms with van der Waals surface area (Å²) in [5.41, 5.74) is -0.880. The Hall–Kier alpha value is -1.11. The first-order valence-corrected chi connectivity index (χ1v) is 7.30. The molecule has 1 saturated carbocycles. The second-order valence-corrected chi connectivity index (χ2v) is 6.29. The number of methoxy groups -OCH3 is 1. The monoisotopic (exact) mass is 271 g/mol. The summed E-state index contributed by atoms with van der Waals surface area (Å²) in [7, 11) is -2.22. The number of para-hydroxylation sites is 1. The maximum Gasteiger partial charge on any atom is 0.244 e. The normalized spacial score (nSPS) is 18.1. The summed E-state index contributed by atoms with van der Waals surface area (Å²) in [5.74, 6) is 0.297. The van der Waals surface area contributed by atoms with Crippen molar-refractivity contribution in [1.29, 1.82) is 0 Å². The summed E-state index contributed by atoms with van der Waals surface area (Å²) in [6.45, 7) is 0.0490. The molecule has 0 spiro atoms. The van der Waals surface area contributed by atoms with Crippen molar-refractivity contribution in [3.05, 3.63) is 24.3 Å². The molecule has 0 amide bonds. The standard InChI is InChI=1S/C12H17NO4S/c1-17-10-5-2-3-6-11(10)18(15,16)13-9-12(14)7-4-8-12/h2-3,5-6,13-14H,4,7-9H2,1H3. The highest BCUT2D eigenvalue weighted by Crippen LogP contribution is 2.31. The molecule has 2 N–H and O–H groups in total. The van der Waals surface area contributed by atoms with Crippen molar-refractivity contribution in [3.8, 4) is 5.75 Å². The number of benzene rings is 1. The van der Waals surface area contributed by atoms with Gasteiger partial charge in [-0.1, -0.05) is 12.1 Å². The predicted molar refractivity (Wildman–Crippen MR) is 67.0 cm³/mol. The van der Waals surface area contributed by atoms with Gasteiger partial charge in [0.25, 0.3) is 0 Å². The molecule has 18 heavy (non-hydrogen) atoms.